The van der Waals surface area contributed by atoms with Crippen LogP contribution in [0.2, 0.25) is 0 Å². The largest absolute Gasteiger partial charge is 0.508 e. The van der Waals surface area contributed by atoms with Crippen LogP contribution in [0, 0.1) is 0 Å². The lowest BCUT2D eigenvalue weighted by molar-refractivity contribution is 0.454. The van der Waals surface area contributed by atoms with Gasteiger partial charge in [0, 0.05) is 22.4 Å². The maximum absolute atomic E-state index is 9.67. The summed E-state index contributed by atoms with van der Waals surface area (Å²) < 4.78 is 0. The fourth-order valence-corrected chi connectivity index (χ4v) is 1.95. The summed E-state index contributed by atoms with van der Waals surface area (Å²) in [6, 6.07) is 7.70. The number of aromatic hydroxyl groups is 3. The van der Waals surface area contributed by atoms with Gasteiger partial charge < -0.3 is 20.3 Å². The number of phenolic OH excluding ortho intramolecular Hbond substituents is 3. The highest BCUT2D eigenvalue weighted by Gasteiger charge is 2.09. The Morgan fingerprint density at radius 3 is 2.38 bits per heavy atom. The Morgan fingerprint density at radius 2 is 1.56 bits per heavy atom. The Hall–Kier alpha value is -2.36. The third kappa shape index (κ3) is 1.10. The number of hydrogen-bond donors (Lipinski definition) is 4. The van der Waals surface area contributed by atoms with Crippen LogP contribution >= 0.6 is 0 Å². The predicted octanol–water partition coefficient (Wildman–Crippen LogP) is 2.44. The highest BCUT2D eigenvalue weighted by Crippen LogP contribution is 2.35. The van der Waals surface area contributed by atoms with Gasteiger partial charge in [-0.25, -0.2) is 0 Å². The van der Waals surface area contributed by atoms with E-state index in [1.165, 1.54) is 6.07 Å². The van der Waals surface area contributed by atoms with Gasteiger partial charge >= 0.3 is 0 Å². The number of benzene rings is 2. The van der Waals surface area contributed by atoms with Crippen molar-refractivity contribution in [2.24, 2.45) is 0 Å². The summed E-state index contributed by atoms with van der Waals surface area (Å²) in [6.07, 6.45) is 0. The minimum atomic E-state index is -0.00862. The van der Waals surface area contributed by atoms with Crippen molar-refractivity contribution >= 4 is 21.8 Å². The number of rotatable bonds is 0. The van der Waals surface area contributed by atoms with Gasteiger partial charge in [-0.2, -0.15) is 0 Å². The smallest absolute Gasteiger partial charge is 0.143 e. The van der Waals surface area contributed by atoms with Crippen LogP contribution in [0.4, 0.5) is 0 Å². The zero-order valence-corrected chi connectivity index (χ0v) is 8.23. The van der Waals surface area contributed by atoms with Crippen LogP contribution in [0.25, 0.3) is 21.8 Å². The van der Waals surface area contributed by atoms with Crippen molar-refractivity contribution in [2.75, 3.05) is 0 Å². The molecule has 4 heteroatoms. The lowest BCUT2D eigenvalue weighted by Gasteiger charge is -1.97. The molecule has 4 nitrogen and oxygen atoms in total. The van der Waals surface area contributed by atoms with Crippen LogP contribution in [0.1, 0.15) is 0 Å². The summed E-state index contributed by atoms with van der Waals surface area (Å²) in [7, 11) is 0. The summed E-state index contributed by atoms with van der Waals surface area (Å²) in [6.45, 7) is 0. The van der Waals surface area contributed by atoms with E-state index in [-0.39, 0.29) is 17.2 Å². The number of fused-ring (bicyclic) bond motifs is 3. The maximum Gasteiger partial charge on any atom is 0.143 e. The lowest BCUT2D eigenvalue weighted by Crippen LogP contribution is -1.70. The summed E-state index contributed by atoms with van der Waals surface area (Å²) in [4.78, 5) is 3.03. The minimum absolute atomic E-state index is 0.00533. The first-order valence-corrected chi connectivity index (χ1v) is 4.81. The second-order valence-corrected chi connectivity index (χ2v) is 3.74. The van der Waals surface area contributed by atoms with Crippen molar-refractivity contribution in [1.29, 1.82) is 0 Å². The Bertz CT molecular complexity index is 700. The zero-order chi connectivity index (χ0) is 11.3. The summed E-state index contributed by atoms with van der Waals surface area (Å²) in [5.41, 5.74) is 1.35. The molecule has 0 aliphatic heterocycles. The third-order valence-corrected chi connectivity index (χ3v) is 2.66. The predicted molar refractivity (Wildman–Crippen MR) is 60.8 cm³/mol. The Morgan fingerprint density at radius 1 is 0.812 bits per heavy atom. The summed E-state index contributed by atoms with van der Waals surface area (Å²) in [5.74, 6) is 0.135. The van der Waals surface area contributed by atoms with E-state index < -0.39 is 0 Å². The van der Waals surface area contributed by atoms with Gasteiger partial charge in [-0.3, -0.25) is 0 Å². The molecule has 1 heterocycles. The number of aromatic amines is 1. The van der Waals surface area contributed by atoms with Crippen LogP contribution in [0.5, 0.6) is 17.2 Å². The summed E-state index contributed by atoms with van der Waals surface area (Å²) >= 11 is 0. The molecule has 0 unspecified atom stereocenters. The molecule has 0 fully saturated rings. The van der Waals surface area contributed by atoms with Crippen molar-refractivity contribution in [3.8, 4) is 17.2 Å². The average Bonchev–Trinajstić information content (AvgIpc) is 2.57. The first kappa shape index (κ1) is 8.91. The molecule has 16 heavy (non-hydrogen) atoms. The summed E-state index contributed by atoms with van der Waals surface area (Å²) in [5, 5.41) is 29.9. The van der Waals surface area contributed by atoms with E-state index in [1.54, 1.807) is 24.3 Å². The molecule has 0 saturated carbocycles. The van der Waals surface area contributed by atoms with Gasteiger partial charge in [-0.1, -0.05) is 0 Å². The van der Waals surface area contributed by atoms with E-state index in [0.717, 1.165) is 10.9 Å². The molecule has 0 bridgehead atoms. The molecule has 1 aromatic heterocycles. The molecule has 3 rings (SSSR count). The molecule has 0 atom stereocenters. The molecular weight excluding hydrogens is 206 g/mol. The molecule has 0 aliphatic rings. The van der Waals surface area contributed by atoms with Gasteiger partial charge in [0.15, 0.2) is 0 Å². The van der Waals surface area contributed by atoms with E-state index in [9.17, 15) is 15.3 Å². The van der Waals surface area contributed by atoms with Gasteiger partial charge in [0.05, 0.1) is 5.52 Å². The molecule has 0 amide bonds. The van der Waals surface area contributed by atoms with E-state index in [4.69, 9.17) is 0 Å². The van der Waals surface area contributed by atoms with Crippen LogP contribution in [-0.4, -0.2) is 20.3 Å². The first-order valence-electron chi connectivity index (χ1n) is 4.81. The van der Waals surface area contributed by atoms with Crippen LogP contribution in [-0.2, 0) is 0 Å². The van der Waals surface area contributed by atoms with E-state index in [0.29, 0.717) is 10.9 Å². The number of phenols is 3. The Labute approximate surface area is 90.4 Å². The fourth-order valence-electron chi connectivity index (χ4n) is 1.95. The molecule has 3 aromatic rings. The van der Waals surface area contributed by atoms with E-state index in [1.807, 2.05) is 0 Å². The van der Waals surface area contributed by atoms with Crippen molar-refractivity contribution < 1.29 is 15.3 Å². The molecular formula is C12H9NO3. The number of H-pyrrole nitrogens is 1. The molecule has 0 spiro atoms. The molecule has 0 radical (unpaired) electrons. The number of hydrogen-bond acceptors (Lipinski definition) is 3. The van der Waals surface area contributed by atoms with Crippen molar-refractivity contribution in [3.05, 3.63) is 30.3 Å². The van der Waals surface area contributed by atoms with Gasteiger partial charge in [0.2, 0.25) is 0 Å². The topological polar surface area (TPSA) is 76.5 Å². The Balaban J connectivity index is 2.57. The standard InChI is InChI=1S/C12H9NO3/c14-6-1-2-10-8(3-6)9-4-7(15)5-11(16)12(9)13-10/h1-5,13-16H. The van der Waals surface area contributed by atoms with Gasteiger partial charge in [-0.05, 0) is 24.3 Å². The molecule has 4 N–H and O–H groups in total. The molecule has 0 aliphatic carbocycles. The van der Waals surface area contributed by atoms with Gasteiger partial charge in [0.25, 0.3) is 0 Å². The average molecular weight is 215 g/mol. The van der Waals surface area contributed by atoms with Crippen molar-refractivity contribution in [2.45, 2.75) is 0 Å². The monoisotopic (exact) mass is 215 g/mol. The first-order chi connectivity index (χ1) is 7.65. The van der Waals surface area contributed by atoms with Crippen LogP contribution < -0.4 is 0 Å². The van der Waals surface area contributed by atoms with Crippen molar-refractivity contribution in [3.63, 3.8) is 0 Å². The SMILES string of the molecule is Oc1ccc2[nH]c3c(O)cc(O)cc3c2c1. The minimum Gasteiger partial charge on any atom is -0.508 e. The maximum atomic E-state index is 9.67. The van der Waals surface area contributed by atoms with Gasteiger partial charge in [0.1, 0.15) is 17.2 Å². The quantitative estimate of drug-likeness (QED) is 0.465. The second-order valence-electron chi connectivity index (χ2n) is 3.74. The Kier molecular flexibility index (Phi) is 1.57. The number of nitrogens with one attached hydrogen (secondary N) is 1. The van der Waals surface area contributed by atoms with Gasteiger partial charge in [-0.15, -0.1) is 0 Å². The lowest BCUT2D eigenvalue weighted by atomic mass is 10.1. The molecule has 80 valence electrons. The molecule has 0 saturated heterocycles. The highest BCUT2D eigenvalue weighted by atomic mass is 16.3. The normalized spacial score (nSPS) is 11.2. The van der Waals surface area contributed by atoms with E-state index >= 15 is 0 Å². The van der Waals surface area contributed by atoms with Crippen LogP contribution in [0.15, 0.2) is 30.3 Å². The second kappa shape index (κ2) is 2.82. The zero-order valence-electron chi connectivity index (χ0n) is 8.23. The number of aromatic nitrogens is 1. The van der Waals surface area contributed by atoms with E-state index in [2.05, 4.69) is 4.98 Å². The van der Waals surface area contributed by atoms with Crippen molar-refractivity contribution in [1.82, 2.24) is 4.98 Å². The third-order valence-electron chi connectivity index (χ3n) is 2.66. The highest BCUT2D eigenvalue weighted by molar-refractivity contribution is 6.10. The fraction of sp³-hybridized carbons (Fsp3) is 0. The van der Waals surface area contributed by atoms with Crippen LogP contribution in [0.3, 0.4) is 0 Å². The molecule has 2 aromatic carbocycles.